The Morgan fingerprint density at radius 1 is 1.53 bits per heavy atom. The van der Waals surface area contributed by atoms with E-state index < -0.39 is 0 Å². The van der Waals surface area contributed by atoms with Gasteiger partial charge in [0.2, 0.25) is 0 Å². The lowest BCUT2D eigenvalue weighted by atomic mass is 9.87. The first-order valence-corrected chi connectivity index (χ1v) is 5.82. The Kier molecular flexibility index (Phi) is 3.34. The number of rotatable bonds is 1. The van der Waals surface area contributed by atoms with E-state index in [0.717, 1.165) is 24.9 Å². The van der Waals surface area contributed by atoms with Crippen LogP contribution in [0, 0.1) is 11.8 Å². The third-order valence-corrected chi connectivity index (χ3v) is 3.03. The fraction of sp³-hybridized carbons (Fsp3) is 0.357. The highest BCUT2D eigenvalue weighted by Crippen LogP contribution is 2.30. The van der Waals surface area contributed by atoms with Gasteiger partial charge >= 0.3 is 0 Å². The molecule has 3 heteroatoms. The van der Waals surface area contributed by atoms with E-state index in [1.54, 1.807) is 6.92 Å². The van der Waals surface area contributed by atoms with Gasteiger partial charge in [0.15, 0.2) is 0 Å². The molecule has 0 saturated heterocycles. The molecule has 1 atom stereocenters. The summed E-state index contributed by atoms with van der Waals surface area (Å²) in [5.74, 6) is 4.91. The summed E-state index contributed by atoms with van der Waals surface area (Å²) in [5.41, 5.74) is 8.97. The van der Waals surface area contributed by atoms with E-state index in [0.29, 0.717) is 0 Å². The van der Waals surface area contributed by atoms with Crippen LogP contribution in [-0.2, 0) is 11.2 Å². The molecular weight excluding hydrogens is 212 g/mol. The SMILES string of the molecule is CC#CC(=O)NC1CCCc2cc(N)ccc21. The first kappa shape index (κ1) is 11.5. The van der Waals surface area contributed by atoms with Crippen LogP contribution in [0.1, 0.15) is 36.9 Å². The molecule has 1 amide bonds. The minimum atomic E-state index is -0.206. The van der Waals surface area contributed by atoms with Crippen molar-refractivity contribution in [1.29, 1.82) is 0 Å². The van der Waals surface area contributed by atoms with E-state index >= 15 is 0 Å². The van der Waals surface area contributed by atoms with E-state index in [-0.39, 0.29) is 11.9 Å². The Morgan fingerprint density at radius 3 is 3.12 bits per heavy atom. The average Bonchev–Trinajstić information content (AvgIpc) is 2.29. The van der Waals surface area contributed by atoms with Crippen molar-refractivity contribution >= 4 is 11.6 Å². The second-order valence-corrected chi connectivity index (χ2v) is 4.25. The molecule has 0 bridgehead atoms. The van der Waals surface area contributed by atoms with Crippen LogP contribution in [0.15, 0.2) is 18.2 Å². The largest absolute Gasteiger partial charge is 0.399 e. The van der Waals surface area contributed by atoms with Crippen LogP contribution >= 0.6 is 0 Å². The van der Waals surface area contributed by atoms with E-state index in [1.807, 2.05) is 18.2 Å². The van der Waals surface area contributed by atoms with Crippen molar-refractivity contribution in [3.63, 3.8) is 0 Å². The van der Waals surface area contributed by atoms with Gasteiger partial charge < -0.3 is 11.1 Å². The lowest BCUT2D eigenvalue weighted by molar-refractivity contribution is -0.116. The predicted octanol–water partition coefficient (Wildman–Crippen LogP) is 1.79. The van der Waals surface area contributed by atoms with Gasteiger partial charge in [-0.25, -0.2) is 0 Å². The molecule has 1 unspecified atom stereocenters. The molecule has 88 valence electrons. The van der Waals surface area contributed by atoms with E-state index in [2.05, 4.69) is 17.2 Å². The number of anilines is 1. The lowest BCUT2D eigenvalue weighted by Crippen LogP contribution is -2.29. The number of benzene rings is 1. The average molecular weight is 228 g/mol. The molecule has 0 spiro atoms. The van der Waals surface area contributed by atoms with Gasteiger partial charge in [-0.1, -0.05) is 12.0 Å². The van der Waals surface area contributed by atoms with Gasteiger partial charge in [-0.05, 0) is 55.4 Å². The topological polar surface area (TPSA) is 55.1 Å². The number of hydrogen-bond donors (Lipinski definition) is 2. The molecule has 17 heavy (non-hydrogen) atoms. The number of hydrogen-bond acceptors (Lipinski definition) is 2. The van der Waals surface area contributed by atoms with Crippen LogP contribution < -0.4 is 11.1 Å². The van der Waals surface area contributed by atoms with Gasteiger partial charge in [0, 0.05) is 5.69 Å². The quantitative estimate of drug-likeness (QED) is 0.568. The molecule has 1 aromatic carbocycles. The number of nitrogens with one attached hydrogen (secondary N) is 1. The molecule has 1 aliphatic rings. The van der Waals surface area contributed by atoms with Crippen LogP contribution in [0.5, 0.6) is 0 Å². The number of aryl methyl sites for hydroxylation is 1. The highest BCUT2D eigenvalue weighted by Gasteiger charge is 2.21. The fourth-order valence-corrected chi connectivity index (χ4v) is 2.29. The van der Waals surface area contributed by atoms with Crippen molar-refractivity contribution in [3.05, 3.63) is 29.3 Å². The van der Waals surface area contributed by atoms with Gasteiger partial charge in [0.25, 0.3) is 5.91 Å². The number of carbonyl (C=O) groups is 1. The Bertz CT molecular complexity index is 497. The Hall–Kier alpha value is -1.95. The van der Waals surface area contributed by atoms with Crippen molar-refractivity contribution < 1.29 is 4.79 Å². The third-order valence-electron chi connectivity index (χ3n) is 3.03. The standard InChI is InChI=1S/C14H16N2O/c1-2-4-14(17)16-13-6-3-5-10-9-11(15)7-8-12(10)13/h7-9,13H,3,5-6,15H2,1H3,(H,16,17). The van der Waals surface area contributed by atoms with E-state index in [1.165, 1.54) is 11.1 Å². The van der Waals surface area contributed by atoms with Crippen LogP contribution in [-0.4, -0.2) is 5.91 Å². The van der Waals surface area contributed by atoms with E-state index in [4.69, 9.17) is 5.73 Å². The van der Waals surface area contributed by atoms with Gasteiger partial charge in [-0.2, -0.15) is 0 Å². The summed E-state index contributed by atoms with van der Waals surface area (Å²) in [6.45, 7) is 1.66. The highest BCUT2D eigenvalue weighted by atomic mass is 16.1. The summed E-state index contributed by atoms with van der Waals surface area (Å²) in [7, 11) is 0. The molecule has 1 aliphatic carbocycles. The number of fused-ring (bicyclic) bond motifs is 1. The highest BCUT2D eigenvalue weighted by molar-refractivity contribution is 5.93. The lowest BCUT2D eigenvalue weighted by Gasteiger charge is -2.25. The molecule has 2 rings (SSSR count). The first-order chi connectivity index (χ1) is 8.20. The summed E-state index contributed by atoms with van der Waals surface area (Å²) >= 11 is 0. The van der Waals surface area contributed by atoms with Gasteiger partial charge in [0.05, 0.1) is 6.04 Å². The normalized spacial score (nSPS) is 17.6. The third kappa shape index (κ3) is 2.59. The van der Waals surface area contributed by atoms with Crippen LogP contribution in [0.3, 0.4) is 0 Å². The summed E-state index contributed by atoms with van der Waals surface area (Å²) in [4.78, 5) is 11.5. The van der Waals surface area contributed by atoms with Gasteiger partial charge in [0.1, 0.15) is 0 Å². The molecular formula is C14H16N2O. The maximum Gasteiger partial charge on any atom is 0.296 e. The monoisotopic (exact) mass is 228 g/mol. The van der Waals surface area contributed by atoms with Gasteiger partial charge in [-0.3, -0.25) is 4.79 Å². The van der Waals surface area contributed by atoms with E-state index in [9.17, 15) is 4.79 Å². The minimum Gasteiger partial charge on any atom is -0.399 e. The minimum absolute atomic E-state index is 0.0766. The van der Waals surface area contributed by atoms with Crippen LogP contribution in [0.25, 0.3) is 0 Å². The van der Waals surface area contributed by atoms with Crippen molar-refractivity contribution in [3.8, 4) is 11.8 Å². The zero-order valence-corrected chi connectivity index (χ0v) is 9.92. The number of nitrogens with two attached hydrogens (primary N) is 1. The summed E-state index contributed by atoms with van der Waals surface area (Å²) in [6.07, 6.45) is 3.07. The van der Waals surface area contributed by atoms with Crippen molar-refractivity contribution in [2.45, 2.75) is 32.2 Å². The first-order valence-electron chi connectivity index (χ1n) is 5.82. The molecule has 0 aliphatic heterocycles. The molecule has 3 nitrogen and oxygen atoms in total. The fourth-order valence-electron chi connectivity index (χ4n) is 2.29. The maximum absolute atomic E-state index is 11.5. The molecule has 0 aromatic heterocycles. The number of carbonyl (C=O) groups excluding carboxylic acids is 1. The van der Waals surface area contributed by atoms with Crippen LogP contribution in [0.2, 0.25) is 0 Å². The zero-order valence-electron chi connectivity index (χ0n) is 9.92. The number of nitrogen functional groups attached to an aromatic ring is 1. The second-order valence-electron chi connectivity index (χ2n) is 4.25. The molecule has 0 heterocycles. The summed E-state index contributed by atoms with van der Waals surface area (Å²) < 4.78 is 0. The smallest absolute Gasteiger partial charge is 0.296 e. The Labute approximate surface area is 101 Å². The molecule has 3 N–H and O–H groups in total. The maximum atomic E-state index is 11.5. The van der Waals surface area contributed by atoms with Crippen molar-refractivity contribution in [2.75, 3.05) is 5.73 Å². The van der Waals surface area contributed by atoms with Crippen molar-refractivity contribution in [1.82, 2.24) is 5.32 Å². The second kappa shape index (κ2) is 4.92. The molecule has 0 fully saturated rings. The van der Waals surface area contributed by atoms with Crippen LogP contribution in [0.4, 0.5) is 5.69 Å². The molecule has 1 aromatic rings. The molecule has 0 saturated carbocycles. The zero-order chi connectivity index (χ0) is 12.3. The predicted molar refractivity (Wildman–Crippen MR) is 68.1 cm³/mol. The Balaban J connectivity index is 2.22. The van der Waals surface area contributed by atoms with Crippen molar-refractivity contribution in [2.24, 2.45) is 0 Å². The summed E-state index contributed by atoms with van der Waals surface area (Å²) in [6, 6.07) is 5.97. The number of amides is 1. The molecule has 0 radical (unpaired) electrons. The summed E-state index contributed by atoms with van der Waals surface area (Å²) in [5, 5.41) is 2.94. The Morgan fingerprint density at radius 2 is 2.35 bits per heavy atom. The van der Waals surface area contributed by atoms with Gasteiger partial charge in [-0.15, -0.1) is 0 Å².